The third-order valence-corrected chi connectivity index (χ3v) is 7.52. The first-order valence-electron chi connectivity index (χ1n) is 13.7. The molecule has 0 radical (unpaired) electrons. The molecular weight excluding hydrogens is 524 g/mol. The van der Waals surface area contributed by atoms with Crippen LogP contribution >= 0.6 is 0 Å². The number of anilines is 1. The monoisotopic (exact) mass is 558 g/mol. The van der Waals surface area contributed by atoms with Crippen molar-refractivity contribution in [1.29, 1.82) is 0 Å². The number of hydrogen-bond donors (Lipinski definition) is 2. The lowest BCUT2D eigenvalue weighted by molar-refractivity contribution is -0.134. The van der Waals surface area contributed by atoms with Crippen molar-refractivity contribution >= 4 is 23.4 Å². The second kappa shape index (κ2) is 12.8. The largest absolute Gasteiger partial charge is 0.496 e. The molecule has 1 fully saturated rings. The molecule has 1 saturated heterocycles. The molecule has 2 aromatic carbocycles. The summed E-state index contributed by atoms with van der Waals surface area (Å²) in [4.78, 5) is 44.7. The molecule has 0 unspecified atom stereocenters. The Bertz CT molecular complexity index is 1400. The van der Waals surface area contributed by atoms with Gasteiger partial charge in [0.15, 0.2) is 0 Å². The van der Waals surface area contributed by atoms with E-state index in [0.717, 1.165) is 12.0 Å². The number of benzene rings is 2. The van der Waals surface area contributed by atoms with Gasteiger partial charge >= 0.3 is 0 Å². The topological polar surface area (TPSA) is 119 Å². The number of amides is 3. The average molecular weight is 559 g/mol. The fraction of sp³-hybridized carbons (Fsp3) is 0.355. The SMILES string of the molecule is COc1ccccc1C(=O)Nc1ccc2c(c1)C(=O)N(C)[C@@H]1CC[C@H](CC(=O)NCCc3ccncc3)O[C@H]1CO2. The summed E-state index contributed by atoms with van der Waals surface area (Å²) in [6, 6.07) is 15.6. The van der Waals surface area contributed by atoms with Gasteiger partial charge in [0.2, 0.25) is 5.91 Å². The van der Waals surface area contributed by atoms with Crippen LogP contribution in [0.25, 0.3) is 0 Å². The van der Waals surface area contributed by atoms with Crippen molar-refractivity contribution in [3.63, 3.8) is 0 Å². The van der Waals surface area contributed by atoms with Gasteiger partial charge in [0.25, 0.3) is 11.8 Å². The predicted molar refractivity (Wildman–Crippen MR) is 152 cm³/mol. The second-order valence-electron chi connectivity index (χ2n) is 10.2. The maximum Gasteiger partial charge on any atom is 0.259 e. The number of methoxy groups -OCH3 is 1. The van der Waals surface area contributed by atoms with E-state index in [9.17, 15) is 14.4 Å². The van der Waals surface area contributed by atoms with Gasteiger partial charge < -0.3 is 29.7 Å². The van der Waals surface area contributed by atoms with E-state index in [1.807, 2.05) is 12.1 Å². The molecule has 0 bridgehead atoms. The Balaban J connectivity index is 1.20. The van der Waals surface area contributed by atoms with E-state index >= 15 is 0 Å². The van der Waals surface area contributed by atoms with Crippen molar-refractivity contribution in [3.05, 3.63) is 83.7 Å². The van der Waals surface area contributed by atoms with Crippen LogP contribution < -0.4 is 20.1 Å². The number of ether oxygens (including phenoxy) is 3. The highest BCUT2D eigenvalue weighted by molar-refractivity contribution is 6.07. The number of aromatic nitrogens is 1. The lowest BCUT2D eigenvalue weighted by Gasteiger charge is -2.42. The van der Waals surface area contributed by atoms with E-state index in [1.165, 1.54) is 7.11 Å². The number of nitrogens with one attached hydrogen (secondary N) is 2. The zero-order chi connectivity index (χ0) is 28.8. The minimum atomic E-state index is -0.370. The highest BCUT2D eigenvalue weighted by atomic mass is 16.5. The Morgan fingerprint density at radius 2 is 1.90 bits per heavy atom. The minimum absolute atomic E-state index is 0.0632. The first-order chi connectivity index (χ1) is 19.9. The summed E-state index contributed by atoms with van der Waals surface area (Å²) in [5, 5.41) is 5.81. The molecule has 2 aliphatic heterocycles. The van der Waals surface area contributed by atoms with Gasteiger partial charge in [-0.2, -0.15) is 0 Å². The summed E-state index contributed by atoms with van der Waals surface area (Å²) in [5.41, 5.74) is 2.33. The zero-order valence-electron chi connectivity index (χ0n) is 23.2. The van der Waals surface area contributed by atoms with Gasteiger partial charge in [0.1, 0.15) is 24.2 Å². The summed E-state index contributed by atoms with van der Waals surface area (Å²) in [6.07, 6.45) is 5.17. The molecular formula is C31H34N4O6. The van der Waals surface area contributed by atoms with Gasteiger partial charge in [-0.1, -0.05) is 12.1 Å². The minimum Gasteiger partial charge on any atom is -0.496 e. The lowest BCUT2D eigenvalue weighted by atomic mass is 9.94. The van der Waals surface area contributed by atoms with Crippen LogP contribution in [0.5, 0.6) is 11.5 Å². The lowest BCUT2D eigenvalue weighted by Crippen LogP contribution is -2.54. The number of fused-ring (bicyclic) bond motifs is 2. The number of hydrogen-bond acceptors (Lipinski definition) is 7. The Hall–Kier alpha value is -4.44. The molecule has 0 saturated carbocycles. The second-order valence-corrected chi connectivity index (χ2v) is 10.2. The highest BCUT2D eigenvalue weighted by Crippen LogP contribution is 2.33. The van der Waals surface area contributed by atoms with Gasteiger partial charge in [-0.25, -0.2) is 0 Å². The molecule has 10 heteroatoms. The van der Waals surface area contributed by atoms with Crippen LogP contribution in [-0.2, 0) is 16.0 Å². The van der Waals surface area contributed by atoms with Gasteiger partial charge in [-0.15, -0.1) is 0 Å². The highest BCUT2D eigenvalue weighted by Gasteiger charge is 2.39. The third-order valence-electron chi connectivity index (χ3n) is 7.52. The summed E-state index contributed by atoms with van der Waals surface area (Å²) in [7, 11) is 3.26. The van der Waals surface area contributed by atoms with Crippen molar-refractivity contribution in [2.24, 2.45) is 0 Å². The molecule has 10 nitrogen and oxygen atoms in total. The molecule has 2 aliphatic rings. The van der Waals surface area contributed by atoms with Crippen molar-refractivity contribution in [2.75, 3.05) is 32.6 Å². The Kier molecular flexibility index (Phi) is 8.79. The zero-order valence-corrected chi connectivity index (χ0v) is 23.2. The molecule has 1 aromatic heterocycles. The number of carbonyl (C=O) groups excluding carboxylic acids is 3. The molecule has 0 spiro atoms. The van der Waals surface area contributed by atoms with Crippen LogP contribution in [0.3, 0.4) is 0 Å². The van der Waals surface area contributed by atoms with E-state index in [0.29, 0.717) is 47.7 Å². The van der Waals surface area contributed by atoms with E-state index in [4.69, 9.17) is 14.2 Å². The smallest absolute Gasteiger partial charge is 0.259 e. The molecule has 3 aromatic rings. The van der Waals surface area contributed by atoms with E-state index in [-0.39, 0.29) is 49.0 Å². The first kappa shape index (κ1) is 28.1. The number of likely N-dealkylation sites (N-methyl/N-ethyl adjacent to an activating group) is 1. The number of rotatable bonds is 8. The maximum absolute atomic E-state index is 13.5. The summed E-state index contributed by atoms with van der Waals surface area (Å²) < 4.78 is 17.6. The molecule has 3 amide bonds. The Morgan fingerprint density at radius 3 is 2.71 bits per heavy atom. The van der Waals surface area contributed by atoms with Gasteiger partial charge in [-0.05, 0) is 67.3 Å². The van der Waals surface area contributed by atoms with Crippen molar-refractivity contribution in [3.8, 4) is 11.5 Å². The van der Waals surface area contributed by atoms with Gasteiger partial charge in [0, 0.05) is 31.7 Å². The fourth-order valence-electron chi connectivity index (χ4n) is 5.31. The Morgan fingerprint density at radius 1 is 1.10 bits per heavy atom. The van der Waals surface area contributed by atoms with Crippen molar-refractivity contribution in [1.82, 2.24) is 15.2 Å². The van der Waals surface area contributed by atoms with Crippen molar-refractivity contribution in [2.45, 2.75) is 43.9 Å². The van der Waals surface area contributed by atoms with Crippen LogP contribution in [-0.4, -0.2) is 73.2 Å². The molecule has 3 heterocycles. The van der Waals surface area contributed by atoms with Gasteiger partial charge in [-0.3, -0.25) is 19.4 Å². The van der Waals surface area contributed by atoms with Crippen LogP contribution in [0.1, 0.15) is 45.5 Å². The Labute approximate surface area is 239 Å². The fourth-order valence-corrected chi connectivity index (χ4v) is 5.31. The summed E-state index contributed by atoms with van der Waals surface area (Å²) >= 11 is 0. The molecule has 0 aliphatic carbocycles. The van der Waals surface area contributed by atoms with Crippen molar-refractivity contribution < 1.29 is 28.6 Å². The van der Waals surface area contributed by atoms with Crippen LogP contribution in [0.15, 0.2) is 67.0 Å². The number of carbonyl (C=O) groups is 3. The molecule has 41 heavy (non-hydrogen) atoms. The van der Waals surface area contributed by atoms with Crippen LogP contribution in [0.2, 0.25) is 0 Å². The standard InChI is InChI=1S/C31H34N4O6/c1-35-25-9-8-22(18-29(36)33-16-13-20-11-14-32-15-12-20)41-28(25)19-40-27-10-7-21(17-24(27)31(35)38)34-30(37)23-5-3-4-6-26(23)39-2/h3-7,10-12,14-15,17,22,25,28H,8-9,13,16,18-19H2,1-2H3,(H,33,36)(H,34,37)/t22-,25-,28+/m1/s1. The van der Waals surface area contributed by atoms with Crippen LogP contribution in [0.4, 0.5) is 5.69 Å². The number of pyridine rings is 1. The number of nitrogens with zero attached hydrogens (tertiary/aromatic N) is 2. The molecule has 5 rings (SSSR count). The van der Waals surface area contributed by atoms with E-state index in [1.54, 1.807) is 66.8 Å². The predicted octanol–water partition coefficient (Wildman–Crippen LogP) is 3.47. The average Bonchev–Trinajstić information content (AvgIpc) is 2.99. The number of para-hydroxylation sites is 1. The van der Waals surface area contributed by atoms with Crippen LogP contribution in [0, 0.1) is 0 Å². The third kappa shape index (κ3) is 6.66. The molecule has 214 valence electrons. The van der Waals surface area contributed by atoms with E-state index < -0.39 is 0 Å². The van der Waals surface area contributed by atoms with E-state index in [2.05, 4.69) is 15.6 Å². The molecule has 3 atom stereocenters. The van der Waals surface area contributed by atoms with Gasteiger partial charge in [0.05, 0.1) is 36.8 Å². The quantitative estimate of drug-likeness (QED) is 0.435. The summed E-state index contributed by atoms with van der Waals surface area (Å²) in [5.74, 6) is 0.239. The maximum atomic E-state index is 13.5. The first-order valence-corrected chi connectivity index (χ1v) is 13.7. The summed E-state index contributed by atoms with van der Waals surface area (Å²) in [6.45, 7) is 0.780. The normalized spacial score (nSPS) is 20.0. The molecule has 2 N–H and O–H groups in total.